The fraction of sp³-hybridized carbons (Fsp3) is 0.294. The third-order valence-corrected chi connectivity index (χ3v) is 4.63. The predicted molar refractivity (Wildman–Crippen MR) is 101 cm³/mol. The van der Waals surface area contributed by atoms with Gasteiger partial charge in [0.05, 0.1) is 33.5 Å². The zero-order valence-corrected chi connectivity index (χ0v) is 16.1. The molecule has 136 valence electrons. The summed E-state index contributed by atoms with van der Waals surface area (Å²) in [5, 5.41) is 0. The maximum Gasteiger partial charge on any atom is 0.312 e. The van der Waals surface area contributed by atoms with Crippen molar-refractivity contribution >= 4 is 34.9 Å². The number of ether oxygens (including phenoxy) is 1. The Morgan fingerprint density at radius 1 is 1.31 bits per heavy atom. The Morgan fingerprint density at radius 2 is 2.04 bits per heavy atom. The Morgan fingerprint density at radius 3 is 2.62 bits per heavy atom. The van der Waals surface area contributed by atoms with Crippen LogP contribution in [-0.2, 0) is 16.0 Å². The smallest absolute Gasteiger partial charge is 0.312 e. The molecular formula is C17H17ClN4O3S. The van der Waals surface area contributed by atoms with Gasteiger partial charge in [-0.25, -0.2) is 15.0 Å². The summed E-state index contributed by atoms with van der Waals surface area (Å²) in [6.45, 7) is 2.07. The second kappa shape index (κ2) is 7.84. The number of esters is 1. The van der Waals surface area contributed by atoms with Gasteiger partial charge in [-0.1, -0.05) is 11.6 Å². The Bertz CT molecular complexity index is 905. The molecule has 0 N–H and O–H groups in total. The molecule has 0 aromatic carbocycles. The van der Waals surface area contributed by atoms with Crippen molar-refractivity contribution < 1.29 is 13.9 Å². The van der Waals surface area contributed by atoms with Gasteiger partial charge in [0.25, 0.3) is 0 Å². The lowest BCUT2D eigenvalue weighted by molar-refractivity contribution is -0.142. The monoisotopic (exact) mass is 392 g/mol. The maximum absolute atomic E-state index is 11.9. The van der Waals surface area contributed by atoms with Gasteiger partial charge in [0, 0.05) is 26.5 Å². The average molecular weight is 393 g/mol. The lowest BCUT2D eigenvalue weighted by Gasteiger charge is -2.08. The highest BCUT2D eigenvalue weighted by molar-refractivity contribution is 7.19. The van der Waals surface area contributed by atoms with E-state index in [0.717, 1.165) is 4.88 Å². The van der Waals surface area contributed by atoms with Gasteiger partial charge in [-0.2, -0.15) is 0 Å². The molecule has 7 nitrogen and oxygen atoms in total. The summed E-state index contributed by atoms with van der Waals surface area (Å²) < 4.78 is 11.6. The van der Waals surface area contributed by atoms with Gasteiger partial charge >= 0.3 is 5.97 Å². The first-order valence-electron chi connectivity index (χ1n) is 7.88. The summed E-state index contributed by atoms with van der Waals surface area (Å²) in [7, 11) is 3.71. The van der Waals surface area contributed by atoms with Crippen molar-refractivity contribution in [3.05, 3.63) is 34.6 Å². The van der Waals surface area contributed by atoms with Crippen LogP contribution in [0.25, 0.3) is 22.1 Å². The van der Waals surface area contributed by atoms with Crippen molar-refractivity contribution in [2.24, 2.45) is 0 Å². The summed E-state index contributed by atoms with van der Waals surface area (Å²) in [5.41, 5.74) is 1.11. The van der Waals surface area contributed by atoms with Gasteiger partial charge in [-0.3, -0.25) is 4.79 Å². The number of halogens is 1. The lowest BCUT2D eigenvalue weighted by atomic mass is 10.2. The molecule has 0 aliphatic carbocycles. The molecule has 0 amide bonds. The minimum atomic E-state index is -0.365. The Hall–Kier alpha value is -2.45. The van der Waals surface area contributed by atoms with E-state index in [-0.39, 0.29) is 12.4 Å². The zero-order valence-electron chi connectivity index (χ0n) is 14.5. The highest BCUT2D eigenvalue weighted by Crippen LogP contribution is 2.36. The molecule has 0 aliphatic rings. The largest absolute Gasteiger partial charge is 0.466 e. The second-order valence-electron chi connectivity index (χ2n) is 5.55. The lowest BCUT2D eigenvalue weighted by Crippen LogP contribution is -2.12. The first-order valence-corrected chi connectivity index (χ1v) is 9.08. The summed E-state index contributed by atoms with van der Waals surface area (Å²) in [5.74, 6) is 1.06. The first-order chi connectivity index (χ1) is 12.5. The van der Waals surface area contributed by atoms with Crippen LogP contribution in [0.15, 0.2) is 28.9 Å². The van der Waals surface area contributed by atoms with E-state index in [1.165, 1.54) is 11.3 Å². The van der Waals surface area contributed by atoms with E-state index in [0.29, 0.717) is 39.8 Å². The first kappa shape index (κ1) is 18.3. The van der Waals surface area contributed by atoms with Crippen molar-refractivity contribution in [1.29, 1.82) is 0 Å². The van der Waals surface area contributed by atoms with E-state index in [1.807, 2.05) is 20.2 Å². The molecule has 0 radical (unpaired) electrons. The number of oxazole rings is 1. The van der Waals surface area contributed by atoms with Crippen molar-refractivity contribution in [2.75, 3.05) is 25.6 Å². The number of thiophene rings is 1. The normalized spacial score (nSPS) is 10.8. The van der Waals surface area contributed by atoms with Gasteiger partial charge in [-0.15, -0.1) is 11.3 Å². The number of carbonyl (C=O) groups excluding carboxylic acids is 1. The number of carbonyl (C=O) groups is 1. The number of rotatable bonds is 6. The van der Waals surface area contributed by atoms with Crippen LogP contribution in [0.3, 0.4) is 0 Å². The highest BCUT2D eigenvalue weighted by Gasteiger charge is 2.21. The Balaban J connectivity index is 1.98. The average Bonchev–Trinajstić information content (AvgIpc) is 3.21. The van der Waals surface area contributed by atoms with Gasteiger partial charge in [-0.05, 0) is 19.1 Å². The van der Waals surface area contributed by atoms with Crippen molar-refractivity contribution in [3.63, 3.8) is 0 Å². The zero-order chi connectivity index (χ0) is 18.7. The van der Waals surface area contributed by atoms with E-state index in [2.05, 4.69) is 15.0 Å². The van der Waals surface area contributed by atoms with Crippen LogP contribution >= 0.6 is 22.9 Å². The third kappa shape index (κ3) is 4.03. The second-order valence-corrected chi connectivity index (χ2v) is 7.26. The quantitative estimate of drug-likeness (QED) is 0.591. The molecule has 26 heavy (non-hydrogen) atoms. The van der Waals surface area contributed by atoms with E-state index in [4.69, 9.17) is 20.8 Å². The van der Waals surface area contributed by atoms with Gasteiger partial charge < -0.3 is 14.1 Å². The fourth-order valence-electron chi connectivity index (χ4n) is 2.24. The third-order valence-electron chi connectivity index (χ3n) is 3.40. The molecule has 0 unspecified atom stereocenters. The van der Waals surface area contributed by atoms with Crippen LogP contribution < -0.4 is 4.90 Å². The van der Waals surface area contributed by atoms with Crippen LogP contribution in [0.5, 0.6) is 0 Å². The van der Waals surface area contributed by atoms with Crippen molar-refractivity contribution in [3.8, 4) is 22.1 Å². The van der Waals surface area contributed by atoms with E-state index in [9.17, 15) is 4.79 Å². The van der Waals surface area contributed by atoms with E-state index >= 15 is 0 Å². The maximum atomic E-state index is 11.9. The van der Waals surface area contributed by atoms with Crippen LogP contribution in [0.4, 0.5) is 5.95 Å². The number of anilines is 1. The van der Waals surface area contributed by atoms with Crippen LogP contribution in [0.2, 0.25) is 4.34 Å². The molecule has 9 heteroatoms. The van der Waals surface area contributed by atoms with Gasteiger partial charge in [0.2, 0.25) is 11.8 Å². The summed E-state index contributed by atoms with van der Waals surface area (Å²) >= 11 is 7.38. The molecule has 3 aromatic rings. The standard InChI is InChI=1S/C17H17ClN4O3S/c1-4-24-14(23)7-11-15(12-5-6-13(18)26-12)25-16(21-11)10-8-19-17(20-9-10)22(2)3/h5-6,8-9H,4,7H2,1-3H3. The molecule has 0 spiro atoms. The van der Waals surface area contributed by atoms with Gasteiger partial charge in [0.15, 0.2) is 5.76 Å². The molecule has 0 bridgehead atoms. The Labute approximate surface area is 159 Å². The van der Waals surface area contributed by atoms with E-state index in [1.54, 1.807) is 30.3 Å². The van der Waals surface area contributed by atoms with Crippen LogP contribution in [-0.4, -0.2) is 41.6 Å². The molecule has 3 rings (SSSR count). The highest BCUT2D eigenvalue weighted by atomic mass is 35.5. The number of hydrogen-bond donors (Lipinski definition) is 0. The molecule has 3 aromatic heterocycles. The summed E-state index contributed by atoms with van der Waals surface area (Å²) in [4.78, 5) is 27.5. The molecular weight excluding hydrogens is 376 g/mol. The molecule has 0 atom stereocenters. The predicted octanol–water partition coefficient (Wildman–Crippen LogP) is 3.69. The SMILES string of the molecule is CCOC(=O)Cc1nc(-c2cnc(N(C)C)nc2)oc1-c1ccc(Cl)s1. The van der Waals surface area contributed by atoms with Gasteiger partial charge in [0.1, 0.15) is 0 Å². The van der Waals surface area contributed by atoms with Crippen molar-refractivity contribution in [1.82, 2.24) is 15.0 Å². The molecule has 3 heterocycles. The Kier molecular flexibility index (Phi) is 5.53. The number of nitrogens with zero attached hydrogens (tertiary/aromatic N) is 4. The minimum absolute atomic E-state index is 0.0127. The van der Waals surface area contributed by atoms with Crippen LogP contribution in [0.1, 0.15) is 12.6 Å². The number of aromatic nitrogens is 3. The van der Waals surface area contributed by atoms with E-state index < -0.39 is 0 Å². The summed E-state index contributed by atoms with van der Waals surface area (Å²) in [6.07, 6.45) is 3.28. The van der Waals surface area contributed by atoms with Crippen molar-refractivity contribution in [2.45, 2.75) is 13.3 Å². The molecule has 0 aliphatic heterocycles. The summed E-state index contributed by atoms with van der Waals surface area (Å²) in [6, 6.07) is 3.60. The number of hydrogen-bond acceptors (Lipinski definition) is 8. The molecule has 0 saturated carbocycles. The van der Waals surface area contributed by atoms with Crippen LogP contribution in [0, 0.1) is 0 Å². The fourth-order valence-corrected chi connectivity index (χ4v) is 3.28. The molecule has 0 fully saturated rings. The topological polar surface area (TPSA) is 81.4 Å². The molecule has 0 saturated heterocycles. The minimum Gasteiger partial charge on any atom is -0.466 e.